The molecule has 0 spiro atoms. The molecule has 0 aliphatic heterocycles. The van der Waals surface area contributed by atoms with Crippen LogP contribution in [0.3, 0.4) is 0 Å². The van der Waals surface area contributed by atoms with Crippen molar-refractivity contribution in [3.8, 4) is 0 Å². The standard InChI is InChI=1S/C32H51ClO2/c1-20(2)9-8-10-21(3)27-13-14-28-26-12-11-24-19-25(35-30(34)22(4)23(5)33)15-17-31(24,6)29(26)16-18-32(27,28)7/h11,20-21,25-29H,8-10,12-19H2,1-7H3/b23-22+/t21-,25+,26?,27-,28?,29?,31+,32-/m1/s1. The average Bonchev–Trinajstić information content (AvgIpc) is 3.15. The fraction of sp³-hybridized carbons (Fsp3) is 0.844. The summed E-state index contributed by atoms with van der Waals surface area (Å²) in [7, 11) is 0. The van der Waals surface area contributed by atoms with E-state index in [1.807, 2.05) is 0 Å². The van der Waals surface area contributed by atoms with Gasteiger partial charge in [-0.2, -0.15) is 0 Å². The molecule has 3 heteroatoms. The zero-order valence-electron chi connectivity index (χ0n) is 23.6. The van der Waals surface area contributed by atoms with E-state index < -0.39 is 0 Å². The molecule has 0 aromatic rings. The predicted molar refractivity (Wildman–Crippen MR) is 147 cm³/mol. The summed E-state index contributed by atoms with van der Waals surface area (Å²) in [6.45, 7) is 16.0. The Balaban J connectivity index is 1.44. The molecule has 3 fully saturated rings. The normalized spacial score (nSPS) is 40.3. The highest BCUT2D eigenvalue weighted by molar-refractivity contribution is 6.31. The van der Waals surface area contributed by atoms with Crippen LogP contribution in [0.1, 0.15) is 119 Å². The molecule has 8 atom stereocenters. The Morgan fingerprint density at radius 2 is 1.80 bits per heavy atom. The van der Waals surface area contributed by atoms with Crippen LogP contribution in [0.2, 0.25) is 0 Å². The lowest BCUT2D eigenvalue weighted by Gasteiger charge is -2.58. The summed E-state index contributed by atoms with van der Waals surface area (Å²) >= 11 is 6.04. The zero-order valence-corrected chi connectivity index (χ0v) is 24.3. The highest BCUT2D eigenvalue weighted by Crippen LogP contribution is 2.67. The lowest BCUT2D eigenvalue weighted by atomic mass is 9.47. The summed E-state index contributed by atoms with van der Waals surface area (Å²) in [6, 6.07) is 0. The van der Waals surface area contributed by atoms with Crippen LogP contribution < -0.4 is 0 Å². The quantitative estimate of drug-likeness (QED) is 0.197. The van der Waals surface area contributed by atoms with Gasteiger partial charge in [0, 0.05) is 17.0 Å². The fourth-order valence-electron chi connectivity index (χ4n) is 9.13. The maximum atomic E-state index is 12.5. The van der Waals surface area contributed by atoms with E-state index in [4.69, 9.17) is 16.3 Å². The topological polar surface area (TPSA) is 26.3 Å². The van der Waals surface area contributed by atoms with Crippen LogP contribution in [0, 0.1) is 46.3 Å². The first-order chi connectivity index (χ1) is 16.5. The molecule has 198 valence electrons. The molecule has 2 nitrogen and oxygen atoms in total. The Morgan fingerprint density at radius 1 is 1.06 bits per heavy atom. The summed E-state index contributed by atoms with van der Waals surface area (Å²) in [5.74, 6) is 4.91. The number of hydrogen-bond donors (Lipinski definition) is 0. The van der Waals surface area contributed by atoms with Gasteiger partial charge >= 0.3 is 5.97 Å². The molecule has 0 bridgehead atoms. The van der Waals surface area contributed by atoms with E-state index in [0.717, 1.165) is 54.8 Å². The van der Waals surface area contributed by atoms with Crippen LogP contribution in [-0.2, 0) is 9.53 Å². The molecule has 0 heterocycles. The molecule has 0 radical (unpaired) electrons. The van der Waals surface area contributed by atoms with Gasteiger partial charge < -0.3 is 4.74 Å². The lowest BCUT2D eigenvalue weighted by molar-refractivity contribution is -0.146. The van der Waals surface area contributed by atoms with E-state index in [2.05, 4.69) is 40.7 Å². The first kappa shape index (κ1) is 27.3. The smallest absolute Gasteiger partial charge is 0.335 e. The van der Waals surface area contributed by atoms with Crippen molar-refractivity contribution in [2.75, 3.05) is 0 Å². The number of allylic oxidation sites excluding steroid dienone is 2. The SMILES string of the molecule is C/C(Cl)=C(/C)C(=O)O[C@H]1CC[C@@]2(C)C(=CCC3C2CC[C@@]2(C)C3CC[C@@H]2[C@H](C)CCCC(C)C)C1. The molecule has 3 unspecified atom stereocenters. The van der Waals surface area contributed by atoms with E-state index in [1.54, 1.807) is 19.4 Å². The largest absolute Gasteiger partial charge is 0.459 e. The Hall–Kier alpha value is -0.760. The van der Waals surface area contributed by atoms with Crippen LogP contribution in [0.4, 0.5) is 0 Å². The molecule has 4 aliphatic rings. The molecule has 3 saturated carbocycles. The van der Waals surface area contributed by atoms with E-state index >= 15 is 0 Å². The van der Waals surface area contributed by atoms with E-state index in [9.17, 15) is 4.79 Å². The molecule has 0 amide bonds. The number of fused-ring (bicyclic) bond motifs is 5. The minimum Gasteiger partial charge on any atom is -0.459 e. The van der Waals surface area contributed by atoms with Gasteiger partial charge in [0.2, 0.25) is 0 Å². The van der Waals surface area contributed by atoms with Gasteiger partial charge in [-0.1, -0.05) is 77.1 Å². The number of ether oxygens (including phenoxy) is 1. The van der Waals surface area contributed by atoms with E-state index in [-0.39, 0.29) is 12.1 Å². The van der Waals surface area contributed by atoms with Gasteiger partial charge in [-0.05, 0) is 105 Å². The molecular weight excluding hydrogens is 452 g/mol. The lowest BCUT2D eigenvalue weighted by Crippen LogP contribution is -2.51. The van der Waals surface area contributed by atoms with Gasteiger partial charge in [-0.15, -0.1) is 0 Å². The third kappa shape index (κ3) is 5.17. The number of esters is 1. The number of carbonyl (C=O) groups excluding carboxylic acids is 1. The highest BCUT2D eigenvalue weighted by Gasteiger charge is 2.59. The van der Waals surface area contributed by atoms with Crippen molar-refractivity contribution in [2.24, 2.45) is 46.3 Å². The van der Waals surface area contributed by atoms with E-state index in [1.165, 1.54) is 51.4 Å². The maximum absolute atomic E-state index is 12.5. The van der Waals surface area contributed by atoms with Gasteiger partial charge in [-0.25, -0.2) is 4.79 Å². The van der Waals surface area contributed by atoms with Crippen molar-refractivity contribution in [3.63, 3.8) is 0 Å². The zero-order chi connectivity index (χ0) is 25.5. The van der Waals surface area contributed by atoms with Crippen molar-refractivity contribution >= 4 is 17.6 Å². The third-order valence-electron chi connectivity index (χ3n) is 11.4. The Labute approximate surface area is 220 Å². The molecule has 0 saturated heterocycles. The molecule has 4 aliphatic carbocycles. The first-order valence-corrected chi connectivity index (χ1v) is 15.1. The molecule has 35 heavy (non-hydrogen) atoms. The minimum absolute atomic E-state index is 0.000692. The van der Waals surface area contributed by atoms with Gasteiger partial charge in [0.25, 0.3) is 0 Å². The summed E-state index contributed by atoms with van der Waals surface area (Å²) in [4.78, 5) is 12.5. The Morgan fingerprint density at radius 3 is 2.49 bits per heavy atom. The summed E-state index contributed by atoms with van der Waals surface area (Å²) < 4.78 is 5.90. The van der Waals surface area contributed by atoms with Crippen molar-refractivity contribution in [1.82, 2.24) is 0 Å². The summed E-state index contributed by atoms with van der Waals surface area (Å²) in [5.41, 5.74) is 2.95. The fourth-order valence-corrected chi connectivity index (χ4v) is 9.21. The van der Waals surface area contributed by atoms with E-state index in [0.29, 0.717) is 21.4 Å². The van der Waals surface area contributed by atoms with Crippen molar-refractivity contribution in [2.45, 2.75) is 125 Å². The van der Waals surface area contributed by atoms with Gasteiger partial charge in [-0.3, -0.25) is 0 Å². The first-order valence-electron chi connectivity index (χ1n) is 14.7. The Bertz CT molecular complexity index is 852. The molecule has 4 rings (SSSR count). The predicted octanol–water partition coefficient (Wildman–Crippen LogP) is 9.47. The second-order valence-electron chi connectivity index (χ2n) is 13.7. The van der Waals surface area contributed by atoms with Crippen LogP contribution in [-0.4, -0.2) is 12.1 Å². The average molecular weight is 503 g/mol. The molecular formula is C32H51ClO2. The monoisotopic (exact) mass is 502 g/mol. The number of carbonyl (C=O) groups is 1. The second kappa shape index (κ2) is 10.5. The van der Waals surface area contributed by atoms with Crippen molar-refractivity contribution < 1.29 is 9.53 Å². The molecule has 0 aromatic carbocycles. The summed E-state index contributed by atoms with van der Waals surface area (Å²) in [6.07, 6.45) is 16.8. The second-order valence-corrected chi connectivity index (χ2v) is 14.3. The van der Waals surface area contributed by atoms with Gasteiger partial charge in [0.15, 0.2) is 0 Å². The molecule has 0 N–H and O–H groups in total. The van der Waals surface area contributed by atoms with Crippen LogP contribution in [0.15, 0.2) is 22.3 Å². The number of rotatable bonds is 7. The van der Waals surface area contributed by atoms with Crippen molar-refractivity contribution in [3.05, 3.63) is 22.3 Å². The van der Waals surface area contributed by atoms with Gasteiger partial charge in [0.1, 0.15) is 6.10 Å². The van der Waals surface area contributed by atoms with Crippen molar-refractivity contribution in [1.29, 1.82) is 0 Å². The van der Waals surface area contributed by atoms with Crippen LogP contribution in [0.25, 0.3) is 0 Å². The van der Waals surface area contributed by atoms with Crippen LogP contribution >= 0.6 is 11.6 Å². The summed E-state index contributed by atoms with van der Waals surface area (Å²) in [5, 5.41) is 0.532. The minimum atomic E-state index is -0.242. The molecule has 0 aromatic heterocycles. The maximum Gasteiger partial charge on any atom is 0.335 e. The highest BCUT2D eigenvalue weighted by atomic mass is 35.5. The van der Waals surface area contributed by atoms with Gasteiger partial charge in [0.05, 0.1) is 0 Å². The number of halogens is 1. The third-order valence-corrected chi connectivity index (χ3v) is 11.6. The number of hydrogen-bond acceptors (Lipinski definition) is 2. The van der Waals surface area contributed by atoms with Crippen LogP contribution in [0.5, 0.6) is 0 Å². The Kier molecular flexibility index (Phi) is 8.22.